The highest BCUT2D eigenvalue weighted by Gasteiger charge is 2.41. The zero-order valence-corrected chi connectivity index (χ0v) is 21.7. The van der Waals surface area contributed by atoms with Crippen LogP contribution in [-0.2, 0) is 9.53 Å². The van der Waals surface area contributed by atoms with Crippen LogP contribution in [-0.4, -0.2) is 64.0 Å². The molecule has 0 saturated carbocycles. The highest BCUT2D eigenvalue weighted by atomic mass is 32.1. The van der Waals surface area contributed by atoms with Gasteiger partial charge in [-0.1, -0.05) is 13.8 Å². The van der Waals surface area contributed by atoms with Crippen molar-refractivity contribution in [1.29, 1.82) is 0 Å². The summed E-state index contributed by atoms with van der Waals surface area (Å²) in [4.78, 5) is 40.4. The highest BCUT2D eigenvalue weighted by Crippen LogP contribution is 2.30. The van der Waals surface area contributed by atoms with Crippen molar-refractivity contribution >= 4 is 39.3 Å². The summed E-state index contributed by atoms with van der Waals surface area (Å²) in [5.74, 6) is -0.383. The summed E-state index contributed by atoms with van der Waals surface area (Å²) < 4.78 is 19.6. The van der Waals surface area contributed by atoms with Crippen molar-refractivity contribution in [3.8, 4) is 0 Å². The lowest BCUT2D eigenvalue weighted by Gasteiger charge is -2.40. The van der Waals surface area contributed by atoms with E-state index in [1.54, 1.807) is 11.1 Å². The lowest BCUT2D eigenvalue weighted by molar-refractivity contribution is -0.131. The Hall–Kier alpha value is -3.18. The van der Waals surface area contributed by atoms with Crippen LogP contribution in [0, 0.1) is 11.2 Å². The first-order valence-electron chi connectivity index (χ1n) is 12.1. The smallest absolute Gasteiger partial charge is 0.274 e. The fraction of sp³-hybridized carbons (Fsp3) is 0.480. The van der Waals surface area contributed by atoms with Crippen molar-refractivity contribution in [3.63, 3.8) is 0 Å². The summed E-state index contributed by atoms with van der Waals surface area (Å²) in [6.45, 7) is 9.61. The summed E-state index contributed by atoms with van der Waals surface area (Å²) in [7, 11) is 0. The van der Waals surface area contributed by atoms with Crippen LogP contribution in [0.3, 0.4) is 0 Å². The fourth-order valence-electron chi connectivity index (χ4n) is 4.11. The van der Waals surface area contributed by atoms with Gasteiger partial charge in [0.1, 0.15) is 5.82 Å². The molecule has 2 fully saturated rings. The molecule has 11 heteroatoms. The average molecular weight is 515 g/mol. The van der Waals surface area contributed by atoms with Gasteiger partial charge in [-0.15, -0.1) is 11.3 Å². The number of amides is 2. The Morgan fingerprint density at radius 3 is 2.75 bits per heavy atom. The number of aromatic nitrogens is 3. The van der Waals surface area contributed by atoms with Crippen molar-refractivity contribution in [1.82, 2.24) is 25.2 Å². The van der Waals surface area contributed by atoms with E-state index in [-0.39, 0.29) is 29.8 Å². The molecule has 0 bridgehead atoms. The first kappa shape index (κ1) is 25.9. The quantitative estimate of drug-likeness (QED) is 0.515. The molecule has 192 valence electrons. The second-order valence-electron chi connectivity index (χ2n) is 9.08. The van der Waals surface area contributed by atoms with E-state index in [0.29, 0.717) is 54.2 Å². The van der Waals surface area contributed by atoms with E-state index in [4.69, 9.17) is 4.74 Å². The molecular formula is C25H31FN6O3S. The molecule has 2 atom stereocenters. The second kappa shape index (κ2) is 10.8. The predicted octanol–water partition coefficient (Wildman–Crippen LogP) is 3.79. The van der Waals surface area contributed by atoms with Gasteiger partial charge in [0.25, 0.3) is 5.91 Å². The van der Waals surface area contributed by atoms with Gasteiger partial charge in [-0.3, -0.25) is 14.6 Å². The third kappa shape index (κ3) is 5.31. The lowest BCUT2D eigenvalue weighted by Crippen LogP contribution is -2.62. The Balaban J connectivity index is 0.00000148. The minimum absolute atomic E-state index is 0.0305. The second-order valence-corrected chi connectivity index (χ2v) is 9.99. The van der Waals surface area contributed by atoms with Gasteiger partial charge in [0, 0.05) is 25.9 Å². The number of nitrogens with zero attached hydrogens (tertiary/aromatic N) is 4. The molecule has 2 amide bonds. The van der Waals surface area contributed by atoms with E-state index in [0.717, 1.165) is 6.20 Å². The SMILES string of the molecule is CC.CC(Nc1nc(C(=O)N2CC(NC(=O)C3(C)CCOC3)C2)c2sccc2n1)c1cncc(F)c1. The summed E-state index contributed by atoms with van der Waals surface area (Å²) in [5, 5.41) is 8.04. The monoisotopic (exact) mass is 514 g/mol. The van der Waals surface area contributed by atoms with Crippen LogP contribution >= 0.6 is 11.3 Å². The van der Waals surface area contributed by atoms with Crippen LogP contribution in [0.15, 0.2) is 29.9 Å². The summed E-state index contributed by atoms with van der Waals surface area (Å²) in [5.41, 5.74) is 1.11. The number of likely N-dealkylation sites (tertiary alicyclic amines) is 1. The first-order chi connectivity index (χ1) is 17.3. The fourth-order valence-corrected chi connectivity index (χ4v) is 4.92. The van der Waals surface area contributed by atoms with Crippen LogP contribution in [0.2, 0.25) is 0 Å². The van der Waals surface area contributed by atoms with Crippen LogP contribution < -0.4 is 10.6 Å². The van der Waals surface area contributed by atoms with E-state index in [1.807, 2.05) is 39.1 Å². The van der Waals surface area contributed by atoms with E-state index >= 15 is 0 Å². The number of nitrogens with one attached hydrogen (secondary N) is 2. The number of carbonyl (C=O) groups is 2. The highest BCUT2D eigenvalue weighted by molar-refractivity contribution is 7.17. The molecule has 3 aromatic heterocycles. The van der Waals surface area contributed by atoms with Gasteiger partial charge in [-0.05, 0) is 43.3 Å². The molecule has 0 radical (unpaired) electrons. The topological polar surface area (TPSA) is 109 Å². The van der Waals surface area contributed by atoms with Crippen molar-refractivity contribution in [3.05, 3.63) is 47.0 Å². The molecule has 2 unspecified atom stereocenters. The Morgan fingerprint density at radius 1 is 1.28 bits per heavy atom. The van der Waals surface area contributed by atoms with Gasteiger partial charge in [-0.2, -0.15) is 0 Å². The normalized spacial score (nSPS) is 20.3. The first-order valence-corrected chi connectivity index (χ1v) is 13.0. The molecule has 9 nitrogen and oxygen atoms in total. The molecule has 2 aliphatic rings. The van der Waals surface area contributed by atoms with Gasteiger partial charge < -0.3 is 20.3 Å². The third-order valence-corrected chi connectivity index (χ3v) is 7.26. The number of fused-ring (bicyclic) bond motifs is 1. The van der Waals surface area contributed by atoms with Gasteiger partial charge in [-0.25, -0.2) is 14.4 Å². The lowest BCUT2D eigenvalue weighted by atomic mass is 9.88. The maximum absolute atomic E-state index is 13.6. The Kier molecular flexibility index (Phi) is 7.79. The van der Waals surface area contributed by atoms with Crippen LogP contribution in [0.1, 0.15) is 56.2 Å². The van der Waals surface area contributed by atoms with Crippen molar-refractivity contribution in [2.75, 3.05) is 31.6 Å². The molecule has 2 N–H and O–H groups in total. The predicted molar refractivity (Wildman–Crippen MR) is 136 cm³/mol. The van der Waals surface area contributed by atoms with E-state index in [9.17, 15) is 14.0 Å². The minimum atomic E-state index is -0.505. The zero-order valence-electron chi connectivity index (χ0n) is 20.9. The van der Waals surface area contributed by atoms with Gasteiger partial charge in [0.05, 0.1) is 40.5 Å². The molecule has 5 rings (SSSR count). The van der Waals surface area contributed by atoms with Gasteiger partial charge in [0.2, 0.25) is 11.9 Å². The minimum Gasteiger partial charge on any atom is -0.380 e. The Bertz CT molecular complexity index is 1240. The molecule has 5 heterocycles. The third-order valence-electron chi connectivity index (χ3n) is 6.35. The number of ether oxygens (including phenoxy) is 1. The summed E-state index contributed by atoms with van der Waals surface area (Å²) in [6.07, 6.45) is 3.42. The number of carbonyl (C=O) groups excluding carboxylic acids is 2. The van der Waals surface area contributed by atoms with E-state index in [1.165, 1.54) is 17.4 Å². The Morgan fingerprint density at radius 2 is 2.06 bits per heavy atom. The maximum atomic E-state index is 13.6. The Labute approximate surface area is 213 Å². The molecule has 0 aromatic carbocycles. The molecule has 2 aliphatic heterocycles. The number of halogens is 1. The molecule has 0 spiro atoms. The number of hydrogen-bond acceptors (Lipinski definition) is 8. The number of anilines is 1. The summed E-state index contributed by atoms with van der Waals surface area (Å²) in [6, 6.07) is 2.83. The number of hydrogen-bond donors (Lipinski definition) is 2. The molecule has 3 aromatic rings. The number of thiophene rings is 1. The number of rotatable bonds is 6. The van der Waals surface area contributed by atoms with Crippen molar-refractivity contribution in [2.24, 2.45) is 5.41 Å². The van der Waals surface area contributed by atoms with Crippen LogP contribution in [0.5, 0.6) is 0 Å². The van der Waals surface area contributed by atoms with Gasteiger partial charge in [0.15, 0.2) is 5.69 Å². The van der Waals surface area contributed by atoms with Crippen molar-refractivity contribution < 1.29 is 18.7 Å². The number of pyridine rings is 1. The van der Waals surface area contributed by atoms with Crippen LogP contribution in [0.4, 0.5) is 10.3 Å². The molecule has 36 heavy (non-hydrogen) atoms. The maximum Gasteiger partial charge on any atom is 0.274 e. The standard InChI is InChI=1S/C23H25FN6O3S.C2H6/c1-13(14-7-15(24)9-25-8-14)26-22-28-17-3-6-34-19(17)18(29-22)20(31)30-10-16(11-30)27-21(32)23(2)4-5-33-12-23;1-2/h3,6-9,13,16H,4-5,10-12H2,1-2H3,(H,27,32)(H,26,28,29);1-2H3. The largest absolute Gasteiger partial charge is 0.380 e. The van der Waals surface area contributed by atoms with Crippen LogP contribution in [0.25, 0.3) is 10.2 Å². The van der Waals surface area contributed by atoms with E-state index in [2.05, 4.69) is 25.6 Å². The molecule has 2 saturated heterocycles. The summed E-state index contributed by atoms with van der Waals surface area (Å²) >= 11 is 1.40. The van der Waals surface area contributed by atoms with Gasteiger partial charge >= 0.3 is 0 Å². The molecular weight excluding hydrogens is 483 g/mol. The van der Waals surface area contributed by atoms with E-state index < -0.39 is 11.2 Å². The zero-order chi connectivity index (χ0) is 25.9. The average Bonchev–Trinajstić information content (AvgIpc) is 3.51. The van der Waals surface area contributed by atoms with Crippen molar-refractivity contribution in [2.45, 2.75) is 46.2 Å². The molecule has 0 aliphatic carbocycles.